The summed E-state index contributed by atoms with van der Waals surface area (Å²) in [6.07, 6.45) is 6.14. The van der Waals surface area contributed by atoms with Crippen LogP contribution >= 0.6 is 0 Å². The molecule has 25 heavy (non-hydrogen) atoms. The normalized spacial score (nSPS) is 13.7. The van der Waals surface area contributed by atoms with Gasteiger partial charge in [0.2, 0.25) is 0 Å². The Bertz CT molecular complexity index is 404. The maximum absolute atomic E-state index is 11.1. The fraction of sp³-hybridized carbons (Fsp3) is 0.812. The van der Waals surface area contributed by atoms with Crippen LogP contribution < -0.4 is 69.3 Å². The first kappa shape index (κ1) is 30.1. The van der Waals surface area contributed by atoms with Crippen LogP contribution in [0.4, 0.5) is 0 Å². The average Bonchev–Trinajstić information content (AvgIpc) is 2.44. The molecule has 0 amide bonds. The molecule has 0 spiro atoms. The smallest absolute Gasteiger partial charge is 0.550 e. The number of carbonyl (C=O) groups excluding carboxylic acids is 2. The van der Waals surface area contributed by atoms with Crippen molar-refractivity contribution in [2.45, 2.75) is 76.7 Å². The first-order chi connectivity index (χ1) is 10.8. The van der Waals surface area contributed by atoms with Crippen molar-refractivity contribution in [3.05, 3.63) is 0 Å². The molecule has 0 rings (SSSR count). The van der Waals surface area contributed by atoms with E-state index < -0.39 is 35.8 Å². The first-order valence-corrected chi connectivity index (χ1v) is 8.12. The number of carboxylic acid groups (broad SMARTS) is 3. The third-order valence-electron chi connectivity index (χ3n) is 3.99. The van der Waals surface area contributed by atoms with E-state index in [1.54, 1.807) is 0 Å². The second-order valence-corrected chi connectivity index (χ2v) is 5.91. The van der Waals surface area contributed by atoms with E-state index in [4.69, 9.17) is 5.11 Å². The molecule has 134 valence electrons. The van der Waals surface area contributed by atoms with Crippen molar-refractivity contribution in [1.82, 2.24) is 0 Å². The molecule has 7 nitrogen and oxygen atoms in total. The molecule has 2 unspecified atom stereocenters. The molecule has 0 aromatic carbocycles. The predicted molar refractivity (Wildman–Crippen MR) is 77.9 cm³/mol. The van der Waals surface area contributed by atoms with Crippen LogP contribution in [-0.4, -0.2) is 33.7 Å². The van der Waals surface area contributed by atoms with E-state index in [1.807, 2.05) is 0 Å². The van der Waals surface area contributed by atoms with Crippen molar-refractivity contribution < 1.29 is 93.9 Å². The van der Waals surface area contributed by atoms with Crippen molar-refractivity contribution in [3.63, 3.8) is 0 Å². The first-order valence-electron chi connectivity index (χ1n) is 8.12. The van der Waals surface area contributed by atoms with E-state index >= 15 is 0 Å². The monoisotopic (exact) mass is 376 g/mol. The quantitative estimate of drug-likeness (QED) is 0.227. The Hall–Kier alpha value is 0.370. The molecule has 0 aromatic heterocycles. The largest absolute Gasteiger partial charge is 1.00 e. The Kier molecular flexibility index (Phi) is 19.9. The Morgan fingerprint density at radius 1 is 0.920 bits per heavy atom. The number of aliphatic carboxylic acids is 3. The van der Waals surface area contributed by atoms with Crippen molar-refractivity contribution in [2.75, 3.05) is 0 Å². The molecule has 0 saturated heterocycles. The summed E-state index contributed by atoms with van der Waals surface area (Å²) in [4.78, 5) is 32.8. The van der Waals surface area contributed by atoms with E-state index in [1.165, 1.54) is 6.42 Å². The second-order valence-electron chi connectivity index (χ2n) is 5.91. The summed E-state index contributed by atoms with van der Waals surface area (Å²) in [6.45, 7) is 2.12. The van der Waals surface area contributed by atoms with Gasteiger partial charge in [0, 0.05) is 24.3 Å². The van der Waals surface area contributed by atoms with Gasteiger partial charge in [-0.1, -0.05) is 58.3 Å². The van der Waals surface area contributed by atoms with Crippen molar-refractivity contribution in [1.29, 1.82) is 0 Å². The van der Waals surface area contributed by atoms with Crippen LogP contribution in [0.5, 0.6) is 0 Å². The predicted octanol–water partition coefficient (Wildman–Crippen LogP) is -6.15. The van der Waals surface area contributed by atoms with Crippen LogP contribution in [0.25, 0.3) is 0 Å². The molecule has 0 aliphatic rings. The van der Waals surface area contributed by atoms with E-state index in [2.05, 4.69) is 6.92 Å². The fourth-order valence-corrected chi connectivity index (χ4v) is 2.60. The summed E-state index contributed by atoms with van der Waals surface area (Å²) in [7, 11) is 0. The molecule has 2 N–H and O–H groups in total. The summed E-state index contributed by atoms with van der Waals surface area (Å²) in [6, 6.07) is 0. The standard InChI is InChI=1S/C16H28O7.2Na/c1-2-3-4-5-6-7-8-9-10-12(14(19)20)16(23,15(21)22)11-13(17)18;;/h12,23H,2-11H2,1H3,(H,17,18)(H,19,20)(H,21,22);;/q;2*+1/p-2. The molecule has 0 aliphatic carbocycles. The van der Waals surface area contributed by atoms with Crippen molar-refractivity contribution in [2.24, 2.45) is 5.92 Å². The average molecular weight is 376 g/mol. The molecule has 2 atom stereocenters. The molecule has 9 heteroatoms. The van der Waals surface area contributed by atoms with Gasteiger partial charge in [-0.2, -0.15) is 0 Å². The Morgan fingerprint density at radius 2 is 1.36 bits per heavy atom. The van der Waals surface area contributed by atoms with Crippen LogP contribution in [0.1, 0.15) is 71.1 Å². The summed E-state index contributed by atoms with van der Waals surface area (Å²) >= 11 is 0. The van der Waals surface area contributed by atoms with E-state index in [9.17, 15) is 29.7 Å². The van der Waals surface area contributed by atoms with Gasteiger partial charge in [-0.05, 0) is 6.42 Å². The number of carbonyl (C=O) groups is 3. The fourth-order valence-electron chi connectivity index (χ4n) is 2.60. The molecule has 0 bridgehead atoms. The molecule has 0 fully saturated rings. The third kappa shape index (κ3) is 12.4. The minimum Gasteiger partial charge on any atom is -0.550 e. The summed E-state index contributed by atoms with van der Waals surface area (Å²) in [5, 5.41) is 40.7. The van der Waals surface area contributed by atoms with E-state index in [0.717, 1.165) is 32.1 Å². The SMILES string of the molecule is CCCCCCCCCCC(C(=O)[O-])C(O)(CC(=O)[O-])C(=O)O.[Na+].[Na+]. The van der Waals surface area contributed by atoms with Gasteiger partial charge in [0.1, 0.15) is 0 Å². The molecule has 0 radical (unpaired) electrons. The van der Waals surface area contributed by atoms with E-state index in [0.29, 0.717) is 12.8 Å². The van der Waals surface area contributed by atoms with Gasteiger partial charge in [0.05, 0.1) is 0 Å². The molecule has 0 saturated carbocycles. The van der Waals surface area contributed by atoms with Gasteiger partial charge in [-0.15, -0.1) is 0 Å². The Labute approximate surface area is 193 Å². The van der Waals surface area contributed by atoms with Crippen LogP contribution in [0.15, 0.2) is 0 Å². The zero-order chi connectivity index (χ0) is 17.9. The van der Waals surface area contributed by atoms with Crippen LogP contribution in [0.2, 0.25) is 0 Å². The number of carboxylic acids is 3. The molecule has 0 aromatic rings. The Balaban J connectivity index is -0.00000242. The maximum atomic E-state index is 11.1. The number of aliphatic hydroxyl groups is 1. The van der Waals surface area contributed by atoms with Gasteiger partial charge in [-0.25, -0.2) is 4.79 Å². The second kappa shape index (κ2) is 16.5. The van der Waals surface area contributed by atoms with Gasteiger partial charge < -0.3 is 30.0 Å². The van der Waals surface area contributed by atoms with Crippen molar-refractivity contribution >= 4 is 17.9 Å². The third-order valence-corrected chi connectivity index (χ3v) is 3.99. The zero-order valence-corrected chi connectivity index (χ0v) is 19.6. The van der Waals surface area contributed by atoms with Gasteiger partial charge in [-0.3, -0.25) is 0 Å². The van der Waals surface area contributed by atoms with Crippen LogP contribution in [0, 0.1) is 5.92 Å². The van der Waals surface area contributed by atoms with Gasteiger partial charge in [0.25, 0.3) is 0 Å². The molecule has 0 aliphatic heterocycles. The molecular weight excluding hydrogens is 350 g/mol. The number of unbranched alkanes of at least 4 members (excludes halogenated alkanes) is 7. The van der Waals surface area contributed by atoms with Crippen molar-refractivity contribution in [3.8, 4) is 0 Å². The number of rotatable bonds is 14. The molecule has 0 heterocycles. The maximum Gasteiger partial charge on any atom is 1.00 e. The molecular formula is C16H26Na2O7. The summed E-state index contributed by atoms with van der Waals surface area (Å²) in [5.41, 5.74) is -2.90. The number of hydrogen-bond acceptors (Lipinski definition) is 6. The minimum atomic E-state index is -2.90. The minimum absolute atomic E-state index is 0. The van der Waals surface area contributed by atoms with Crippen LogP contribution in [0.3, 0.4) is 0 Å². The zero-order valence-electron chi connectivity index (χ0n) is 15.6. The summed E-state index contributed by atoms with van der Waals surface area (Å²) < 4.78 is 0. The topological polar surface area (TPSA) is 138 Å². The van der Waals surface area contributed by atoms with E-state index in [-0.39, 0.29) is 65.5 Å². The summed E-state index contributed by atoms with van der Waals surface area (Å²) in [5.74, 6) is -7.26. The Morgan fingerprint density at radius 3 is 1.72 bits per heavy atom. The van der Waals surface area contributed by atoms with Gasteiger partial charge >= 0.3 is 65.1 Å². The van der Waals surface area contributed by atoms with Crippen LogP contribution in [-0.2, 0) is 14.4 Å². The van der Waals surface area contributed by atoms with Gasteiger partial charge in [0.15, 0.2) is 5.60 Å². The number of hydrogen-bond donors (Lipinski definition) is 2.